The molecule has 2 heterocycles. The molecule has 0 atom stereocenters. The third kappa shape index (κ3) is 2.86. The Labute approximate surface area is 205 Å². The minimum atomic E-state index is -0.0556. The first-order valence-corrected chi connectivity index (χ1v) is 11.8. The van der Waals surface area contributed by atoms with Crippen LogP contribution < -0.4 is 9.86 Å². The van der Waals surface area contributed by atoms with Crippen LogP contribution in [0.5, 0.6) is 0 Å². The Morgan fingerprint density at radius 1 is 0.472 bits per heavy atom. The Kier molecular flexibility index (Phi) is 4.38. The smallest absolute Gasteiger partial charge is 0.289 e. The Morgan fingerprint density at radius 2 is 1.03 bits per heavy atom. The zero-order valence-electron chi connectivity index (χ0n) is 19.2. The van der Waals surface area contributed by atoms with Crippen molar-refractivity contribution in [3.63, 3.8) is 0 Å². The van der Waals surface area contributed by atoms with Crippen molar-refractivity contribution in [3.05, 3.63) is 136 Å². The molecule has 0 spiro atoms. The van der Waals surface area contributed by atoms with Gasteiger partial charge in [0, 0.05) is 39.2 Å². The van der Waals surface area contributed by atoms with Gasteiger partial charge in [0.05, 0.1) is 15.5 Å². The summed E-state index contributed by atoms with van der Waals surface area (Å²) in [5.74, 6) is 0. The first kappa shape index (κ1) is 20.4. The zero-order chi connectivity index (χ0) is 24.2. The van der Waals surface area contributed by atoms with Gasteiger partial charge in [-0.25, -0.2) is 0 Å². The van der Waals surface area contributed by atoms with Crippen molar-refractivity contribution < 1.29 is 4.43 Å². The van der Waals surface area contributed by atoms with Crippen molar-refractivity contribution in [2.45, 2.75) is 0 Å². The lowest BCUT2D eigenvalue weighted by atomic mass is 10.1. The van der Waals surface area contributed by atoms with Gasteiger partial charge in [0.1, 0.15) is 11.0 Å². The van der Waals surface area contributed by atoms with E-state index in [0.29, 0.717) is 32.8 Å². The van der Waals surface area contributed by atoms with Crippen LogP contribution >= 0.6 is 0 Å². The summed E-state index contributed by atoms with van der Waals surface area (Å²) in [7, 11) is 0. The Balaban J connectivity index is 1.77. The Hall–Kier alpha value is -5.03. The second-order valence-electron chi connectivity index (χ2n) is 8.83. The van der Waals surface area contributed by atoms with Gasteiger partial charge in [-0.15, -0.1) is 0 Å². The predicted octanol–water partition coefficient (Wildman–Crippen LogP) is 6.16. The van der Waals surface area contributed by atoms with E-state index in [-0.39, 0.29) is 5.43 Å². The molecule has 5 nitrogen and oxygen atoms in total. The van der Waals surface area contributed by atoms with Gasteiger partial charge in [0.15, 0.2) is 5.43 Å². The summed E-state index contributed by atoms with van der Waals surface area (Å²) in [6, 6.07) is 38.7. The highest BCUT2D eigenvalue weighted by Crippen LogP contribution is 2.29. The molecule has 0 saturated carbocycles. The highest BCUT2D eigenvalue weighted by atomic mass is 16.3. The van der Waals surface area contributed by atoms with E-state index in [0.717, 1.165) is 26.8 Å². The van der Waals surface area contributed by atoms with Crippen LogP contribution in [0.2, 0.25) is 0 Å². The minimum absolute atomic E-state index is 0.0556. The molecule has 0 aliphatic rings. The van der Waals surface area contributed by atoms with Crippen LogP contribution in [0.1, 0.15) is 0 Å². The normalized spacial score (nSPS) is 11.6. The van der Waals surface area contributed by atoms with Crippen molar-refractivity contribution in [1.82, 2.24) is 9.13 Å². The summed E-state index contributed by atoms with van der Waals surface area (Å²) in [6.07, 6.45) is 0. The third-order valence-corrected chi connectivity index (χ3v) is 6.80. The molecular weight excluding hydrogens is 446 g/mol. The number of hydrogen-bond acceptors (Lipinski definition) is 2. The number of pyridine rings is 1. The monoisotopic (exact) mass is 466 g/mol. The molecule has 0 amide bonds. The number of rotatable bonds is 2. The number of para-hydroxylation sites is 5. The third-order valence-electron chi connectivity index (χ3n) is 6.80. The molecule has 7 rings (SSSR count). The maximum absolute atomic E-state index is 13.8. The molecule has 7 aromatic rings. The van der Waals surface area contributed by atoms with E-state index < -0.39 is 0 Å². The SMILES string of the molecule is O=c1c2ccccc2n(-c2ccccc2)c2cc3c(cc12)n(-c1ccccc1)c1ccccc1[n+]3=O. The van der Waals surface area contributed by atoms with E-state index in [2.05, 4.69) is 9.13 Å². The fourth-order valence-electron chi connectivity index (χ4n) is 5.20. The number of nitrogens with zero attached hydrogens (tertiary/aromatic N) is 3. The maximum Gasteiger partial charge on any atom is 0.289 e. The van der Waals surface area contributed by atoms with Crippen molar-refractivity contribution in [1.29, 1.82) is 0 Å². The van der Waals surface area contributed by atoms with Crippen molar-refractivity contribution in [2.24, 2.45) is 0 Å². The second-order valence-corrected chi connectivity index (χ2v) is 8.83. The molecule has 0 unspecified atom stereocenters. The molecule has 0 aliphatic heterocycles. The second kappa shape index (κ2) is 7.75. The molecular formula is C31H20N3O2+. The van der Waals surface area contributed by atoms with Gasteiger partial charge in [0.2, 0.25) is 0 Å². The van der Waals surface area contributed by atoms with Gasteiger partial charge in [-0.3, -0.25) is 9.36 Å². The first-order valence-electron chi connectivity index (χ1n) is 11.8. The number of fused-ring (bicyclic) bond motifs is 4. The first-order chi connectivity index (χ1) is 17.7. The lowest BCUT2D eigenvalue weighted by molar-refractivity contribution is -0.432. The molecule has 0 bridgehead atoms. The van der Waals surface area contributed by atoms with Crippen molar-refractivity contribution in [2.75, 3.05) is 0 Å². The number of benzene rings is 5. The summed E-state index contributed by atoms with van der Waals surface area (Å²) in [5, 5.41) is 1.19. The highest BCUT2D eigenvalue weighted by molar-refractivity contribution is 6.01. The lowest BCUT2D eigenvalue weighted by Gasteiger charge is -2.16. The maximum atomic E-state index is 13.8. The highest BCUT2D eigenvalue weighted by Gasteiger charge is 2.22. The number of aromatic nitrogens is 3. The van der Waals surface area contributed by atoms with Crippen molar-refractivity contribution in [3.8, 4) is 11.4 Å². The van der Waals surface area contributed by atoms with Crippen molar-refractivity contribution >= 4 is 43.9 Å². The summed E-state index contributed by atoms with van der Waals surface area (Å²) in [5.41, 5.74) is 5.78. The molecule has 170 valence electrons. The van der Waals surface area contributed by atoms with Crippen LogP contribution in [0.4, 0.5) is 0 Å². The summed E-state index contributed by atoms with van der Waals surface area (Å²) in [4.78, 5) is 27.5. The van der Waals surface area contributed by atoms with Gasteiger partial charge in [-0.05, 0) is 48.5 Å². The number of hydrogen-bond donors (Lipinski definition) is 0. The topological polar surface area (TPSA) is 49.9 Å². The summed E-state index contributed by atoms with van der Waals surface area (Å²) in [6.45, 7) is 0. The van der Waals surface area contributed by atoms with E-state index in [1.54, 1.807) is 0 Å². The van der Waals surface area contributed by atoms with E-state index in [4.69, 9.17) is 0 Å². The van der Waals surface area contributed by atoms with Crippen LogP contribution in [-0.2, 0) is 0 Å². The molecule has 0 aliphatic carbocycles. The van der Waals surface area contributed by atoms with Crippen LogP contribution in [0.3, 0.4) is 0 Å². The van der Waals surface area contributed by atoms with Crippen LogP contribution in [0.15, 0.2) is 126 Å². The molecule has 0 saturated heterocycles. The minimum Gasteiger partial charge on any atom is -0.309 e. The standard InChI is InChI=1S/C31H20N3O2/c35-31-23-15-7-8-16-25(23)32(21-11-3-1-4-12-21)28-20-30-29(19-24(28)31)33(22-13-5-2-6-14-22)26-17-9-10-18-27(26)34(30)36/h1-20H/q+1. The van der Waals surface area contributed by atoms with Gasteiger partial charge >= 0.3 is 0 Å². The molecule has 5 aromatic carbocycles. The fourth-order valence-corrected chi connectivity index (χ4v) is 5.20. The van der Waals surface area contributed by atoms with Gasteiger partial charge in [-0.1, -0.05) is 60.7 Å². The van der Waals surface area contributed by atoms with E-state index in [9.17, 15) is 9.70 Å². The van der Waals surface area contributed by atoms with Crippen LogP contribution in [0.25, 0.3) is 55.2 Å². The largest absolute Gasteiger partial charge is 0.309 e. The van der Waals surface area contributed by atoms with E-state index in [1.165, 1.54) is 0 Å². The van der Waals surface area contributed by atoms with E-state index in [1.807, 2.05) is 121 Å². The van der Waals surface area contributed by atoms with Gasteiger partial charge in [-0.2, -0.15) is 0 Å². The molecule has 0 N–H and O–H groups in total. The molecule has 0 radical (unpaired) electrons. The predicted molar refractivity (Wildman–Crippen MR) is 145 cm³/mol. The average Bonchev–Trinajstić information content (AvgIpc) is 2.94. The van der Waals surface area contributed by atoms with E-state index >= 15 is 0 Å². The summed E-state index contributed by atoms with van der Waals surface area (Å²) >= 11 is 0. The van der Waals surface area contributed by atoms with Crippen LogP contribution in [-0.4, -0.2) is 9.13 Å². The average molecular weight is 467 g/mol. The quantitative estimate of drug-likeness (QED) is 0.226. The molecule has 2 aromatic heterocycles. The molecule has 36 heavy (non-hydrogen) atoms. The van der Waals surface area contributed by atoms with Gasteiger partial charge < -0.3 is 4.57 Å². The Bertz CT molecular complexity index is 1920. The molecule has 5 heteroatoms. The fraction of sp³-hybridized carbons (Fsp3) is 0. The Morgan fingerprint density at radius 3 is 1.72 bits per heavy atom. The van der Waals surface area contributed by atoms with Gasteiger partial charge in [0.25, 0.3) is 11.0 Å². The zero-order valence-corrected chi connectivity index (χ0v) is 19.2. The lowest BCUT2D eigenvalue weighted by Crippen LogP contribution is -2.21. The summed E-state index contributed by atoms with van der Waals surface area (Å²) < 4.78 is 5.09. The van der Waals surface area contributed by atoms with Crippen LogP contribution in [0, 0.1) is 4.91 Å². The molecule has 0 fully saturated rings.